The highest BCUT2D eigenvalue weighted by atomic mass is 32.2. The van der Waals surface area contributed by atoms with Gasteiger partial charge >= 0.3 is 0 Å². The number of hydrogen-bond acceptors (Lipinski definition) is 5. The van der Waals surface area contributed by atoms with Crippen LogP contribution in [0.4, 0.5) is 0 Å². The zero-order valence-electron chi connectivity index (χ0n) is 9.83. The maximum atomic E-state index is 10.9. The van der Waals surface area contributed by atoms with Gasteiger partial charge in [-0.05, 0) is 5.56 Å². The number of rotatable bonds is 5. The Balaban J connectivity index is 1.98. The molecule has 0 saturated carbocycles. The first-order valence-electron chi connectivity index (χ1n) is 5.33. The molecule has 1 aromatic carbocycles. The lowest BCUT2D eigenvalue weighted by Crippen LogP contribution is -2.21. The van der Waals surface area contributed by atoms with Crippen molar-refractivity contribution in [3.05, 3.63) is 47.6 Å². The number of sulfonamides is 1. The van der Waals surface area contributed by atoms with Crippen molar-refractivity contribution in [2.24, 2.45) is 0 Å². The summed E-state index contributed by atoms with van der Waals surface area (Å²) in [5.41, 5.74) is 1.07. The predicted octanol–water partition coefficient (Wildman–Crippen LogP) is 0.710. The Morgan fingerprint density at radius 1 is 1.28 bits per heavy atom. The third kappa shape index (κ3) is 3.94. The molecule has 1 heterocycles. The number of aromatic nitrogens is 2. The fourth-order valence-corrected chi connectivity index (χ4v) is 1.79. The lowest BCUT2D eigenvalue weighted by molar-refractivity contribution is 0.371. The van der Waals surface area contributed by atoms with E-state index in [0.29, 0.717) is 12.2 Å². The normalized spacial score (nSPS) is 11.6. The van der Waals surface area contributed by atoms with Crippen LogP contribution in [0.3, 0.4) is 0 Å². The van der Waals surface area contributed by atoms with E-state index in [0.717, 1.165) is 11.8 Å². The standard InChI is InChI=1S/C11H13N3O3S/c1-18(15,16)12-8-11-13-10(14-17-11)7-9-5-3-2-4-6-9/h2-6,12H,7-8H2,1H3. The summed E-state index contributed by atoms with van der Waals surface area (Å²) in [5.74, 6) is 0.790. The molecule has 1 N–H and O–H groups in total. The minimum absolute atomic E-state index is 0.0145. The second-order valence-electron chi connectivity index (χ2n) is 3.86. The molecule has 18 heavy (non-hydrogen) atoms. The summed E-state index contributed by atoms with van der Waals surface area (Å²) in [5, 5.41) is 3.79. The van der Waals surface area contributed by atoms with Gasteiger partial charge in [0.2, 0.25) is 15.9 Å². The Labute approximate surface area is 105 Å². The van der Waals surface area contributed by atoms with E-state index >= 15 is 0 Å². The quantitative estimate of drug-likeness (QED) is 0.862. The van der Waals surface area contributed by atoms with Crippen molar-refractivity contribution in [3.8, 4) is 0 Å². The Bertz CT molecular complexity index is 607. The molecule has 0 aliphatic carbocycles. The molecule has 0 fully saturated rings. The molecular weight excluding hydrogens is 254 g/mol. The molecule has 7 heteroatoms. The van der Waals surface area contributed by atoms with Gasteiger partial charge in [-0.2, -0.15) is 4.98 Å². The van der Waals surface area contributed by atoms with Gasteiger partial charge in [-0.1, -0.05) is 35.5 Å². The van der Waals surface area contributed by atoms with Crippen molar-refractivity contribution in [2.75, 3.05) is 6.26 Å². The Hall–Kier alpha value is -1.73. The molecule has 0 amide bonds. The molecule has 0 aliphatic heterocycles. The molecule has 0 spiro atoms. The fourth-order valence-electron chi connectivity index (χ4n) is 1.41. The average Bonchev–Trinajstić information content (AvgIpc) is 2.75. The van der Waals surface area contributed by atoms with E-state index in [-0.39, 0.29) is 12.4 Å². The highest BCUT2D eigenvalue weighted by Gasteiger charge is 2.09. The predicted molar refractivity (Wildman–Crippen MR) is 65.2 cm³/mol. The Morgan fingerprint density at radius 3 is 2.67 bits per heavy atom. The van der Waals surface area contributed by atoms with Crippen molar-refractivity contribution in [3.63, 3.8) is 0 Å². The monoisotopic (exact) mass is 267 g/mol. The summed E-state index contributed by atoms with van der Waals surface area (Å²) in [6, 6.07) is 9.72. The summed E-state index contributed by atoms with van der Waals surface area (Å²) in [6.07, 6.45) is 1.64. The van der Waals surface area contributed by atoms with E-state index in [4.69, 9.17) is 4.52 Å². The summed E-state index contributed by atoms with van der Waals surface area (Å²) in [6.45, 7) is 0.0145. The minimum atomic E-state index is -3.25. The molecular formula is C11H13N3O3S. The maximum absolute atomic E-state index is 10.9. The average molecular weight is 267 g/mol. The van der Waals surface area contributed by atoms with Gasteiger partial charge in [-0.3, -0.25) is 0 Å². The van der Waals surface area contributed by atoms with E-state index in [1.807, 2.05) is 30.3 Å². The second-order valence-corrected chi connectivity index (χ2v) is 5.69. The van der Waals surface area contributed by atoms with Crippen LogP contribution in [0.2, 0.25) is 0 Å². The van der Waals surface area contributed by atoms with Crippen molar-refractivity contribution in [2.45, 2.75) is 13.0 Å². The molecule has 0 aliphatic rings. The summed E-state index contributed by atoms with van der Waals surface area (Å²) >= 11 is 0. The van der Waals surface area contributed by atoms with E-state index in [9.17, 15) is 8.42 Å². The second kappa shape index (κ2) is 5.28. The minimum Gasteiger partial charge on any atom is -0.338 e. The van der Waals surface area contributed by atoms with Gasteiger partial charge < -0.3 is 4.52 Å². The van der Waals surface area contributed by atoms with Gasteiger partial charge in [0, 0.05) is 6.42 Å². The first-order valence-corrected chi connectivity index (χ1v) is 7.22. The molecule has 96 valence electrons. The zero-order valence-corrected chi connectivity index (χ0v) is 10.6. The lowest BCUT2D eigenvalue weighted by atomic mass is 10.1. The highest BCUT2D eigenvalue weighted by Crippen LogP contribution is 2.06. The molecule has 0 unspecified atom stereocenters. The van der Waals surface area contributed by atoms with Crippen LogP contribution >= 0.6 is 0 Å². The first kappa shape index (κ1) is 12.7. The van der Waals surface area contributed by atoms with Gasteiger partial charge in [0.25, 0.3) is 0 Å². The van der Waals surface area contributed by atoms with E-state index in [1.165, 1.54) is 0 Å². The van der Waals surface area contributed by atoms with Crippen molar-refractivity contribution < 1.29 is 12.9 Å². The topological polar surface area (TPSA) is 85.1 Å². The van der Waals surface area contributed by atoms with Crippen LogP contribution in [0.25, 0.3) is 0 Å². The van der Waals surface area contributed by atoms with Crippen LogP contribution in [0.5, 0.6) is 0 Å². The van der Waals surface area contributed by atoms with E-state index < -0.39 is 10.0 Å². The third-order valence-electron chi connectivity index (χ3n) is 2.20. The van der Waals surface area contributed by atoms with E-state index in [2.05, 4.69) is 14.9 Å². The van der Waals surface area contributed by atoms with Crippen LogP contribution in [0.1, 0.15) is 17.3 Å². The number of nitrogens with one attached hydrogen (secondary N) is 1. The molecule has 0 atom stereocenters. The summed E-state index contributed by atoms with van der Waals surface area (Å²) < 4.78 is 29.0. The van der Waals surface area contributed by atoms with Crippen molar-refractivity contribution in [1.82, 2.24) is 14.9 Å². The van der Waals surface area contributed by atoms with Gasteiger partial charge in [0.05, 0.1) is 12.8 Å². The van der Waals surface area contributed by atoms with Gasteiger partial charge in [-0.25, -0.2) is 13.1 Å². The smallest absolute Gasteiger partial charge is 0.241 e. The highest BCUT2D eigenvalue weighted by molar-refractivity contribution is 7.88. The van der Waals surface area contributed by atoms with Crippen LogP contribution in [0, 0.1) is 0 Å². The molecule has 2 rings (SSSR count). The van der Waals surface area contributed by atoms with Gasteiger partial charge in [0.1, 0.15) is 0 Å². The van der Waals surface area contributed by atoms with Crippen LogP contribution in [-0.2, 0) is 23.0 Å². The molecule has 6 nitrogen and oxygen atoms in total. The SMILES string of the molecule is CS(=O)(=O)NCc1nc(Cc2ccccc2)no1. The number of nitrogens with zero attached hydrogens (tertiary/aromatic N) is 2. The molecule has 0 bridgehead atoms. The van der Waals surface area contributed by atoms with Crippen LogP contribution in [-0.4, -0.2) is 24.8 Å². The molecule has 1 aromatic heterocycles. The van der Waals surface area contributed by atoms with Crippen molar-refractivity contribution >= 4 is 10.0 Å². The Morgan fingerprint density at radius 2 is 2.00 bits per heavy atom. The Kier molecular flexibility index (Phi) is 3.73. The maximum Gasteiger partial charge on any atom is 0.241 e. The fraction of sp³-hybridized carbons (Fsp3) is 0.273. The summed E-state index contributed by atoms with van der Waals surface area (Å²) in [7, 11) is -3.25. The molecule has 2 aromatic rings. The van der Waals surface area contributed by atoms with Crippen LogP contribution in [0.15, 0.2) is 34.9 Å². The molecule has 0 saturated heterocycles. The van der Waals surface area contributed by atoms with Crippen molar-refractivity contribution in [1.29, 1.82) is 0 Å². The third-order valence-corrected chi connectivity index (χ3v) is 2.87. The number of hydrogen-bond donors (Lipinski definition) is 1. The first-order chi connectivity index (χ1) is 8.53. The molecule has 0 radical (unpaired) electrons. The lowest BCUT2D eigenvalue weighted by Gasteiger charge is -1.96. The summed E-state index contributed by atoms with van der Waals surface area (Å²) in [4.78, 5) is 4.10. The van der Waals surface area contributed by atoms with Gasteiger partial charge in [-0.15, -0.1) is 0 Å². The van der Waals surface area contributed by atoms with Crippen LogP contribution < -0.4 is 4.72 Å². The van der Waals surface area contributed by atoms with Gasteiger partial charge in [0.15, 0.2) is 5.82 Å². The van der Waals surface area contributed by atoms with E-state index in [1.54, 1.807) is 0 Å². The number of benzene rings is 1. The largest absolute Gasteiger partial charge is 0.338 e. The zero-order chi connectivity index (χ0) is 13.0.